The number of ketones is 1. The summed E-state index contributed by atoms with van der Waals surface area (Å²) in [5, 5.41) is 19.3. The minimum Gasteiger partial charge on any atom is -0.506 e. The van der Waals surface area contributed by atoms with Gasteiger partial charge in [0, 0.05) is 11.8 Å². The molecule has 0 spiro atoms. The summed E-state index contributed by atoms with van der Waals surface area (Å²) >= 11 is 11.5. The van der Waals surface area contributed by atoms with Gasteiger partial charge in [-0.25, -0.2) is 4.39 Å². The molecule has 0 saturated carbocycles. The van der Waals surface area contributed by atoms with Crippen LogP contribution in [-0.4, -0.2) is 34.6 Å². The number of hydrogen-bond donors (Lipinski definition) is 1. The van der Waals surface area contributed by atoms with Gasteiger partial charge in [0.1, 0.15) is 22.3 Å². The van der Waals surface area contributed by atoms with Crippen LogP contribution >= 0.6 is 23.2 Å². The Morgan fingerprint density at radius 3 is 2.59 bits per heavy atom. The van der Waals surface area contributed by atoms with Crippen molar-refractivity contribution in [2.75, 3.05) is 6.61 Å². The number of nitrogens with zero attached hydrogens (tertiary/aromatic N) is 2. The fourth-order valence-corrected chi connectivity index (χ4v) is 2.87. The number of hydrogen-bond acceptors (Lipinski definition) is 7. The van der Waals surface area contributed by atoms with Gasteiger partial charge in [0.25, 0.3) is 0 Å². The van der Waals surface area contributed by atoms with E-state index in [1.807, 2.05) is 0 Å². The number of halogens is 3. The molecule has 1 N–H and O–H groups in total. The van der Waals surface area contributed by atoms with Crippen molar-refractivity contribution in [1.82, 2.24) is 0 Å². The molecule has 8 nitrogen and oxygen atoms in total. The lowest BCUT2D eigenvalue weighted by molar-refractivity contribution is -0.384. The molecule has 152 valence electrons. The molecule has 0 bridgehead atoms. The number of phenols is 1. The Balaban J connectivity index is 2.55. The standard InChI is InChI=1S/C18H13Cl2FN2O6/c1-2-29-18(26)10(8-22-12-5-3-4-6-13(12)24)17(25)9-7-11(21)15(20)16(14(9)19)23(27)28/h3-8,10,24H,2H2,1H3. The van der Waals surface area contributed by atoms with Crippen LogP contribution in [0.4, 0.5) is 15.8 Å². The molecule has 0 aliphatic carbocycles. The van der Waals surface area contributed by atoms with Crippen LogP contribution in [-0.2, 0) is 9.53 Å². The second-order valence-electron chi connectivity index (χ2n) is 5.50. The number of nitro benzene ring substituents is 1. The first-order chi connectivity index (χ1) is 13.7. The van der Waals surface area contributed by atoms with Gasteiger partial charge in [-0.15, -0.1) is 0 Å². The van der Waals surface area contributed by atoms with E-state index in [4.69, 9.17) is 27.9 Å². The Morgan fingerprint density at radius 1 is 1.34 bits per heavy atom. The monoisotopic (exact) mass is 442 g/mol. The van der Waals surface area contributed by atoms with Crippen LogP contribution in [0.3, 0.4) is 0 Å². The van der Waals surface area contributed by atoms with E-state index in [0.29, 0.717) is 6.07 Å². The third kappa shape index (κ3) is 4.87. The first-order valence-corrected chi connectivity index (χ1v) is 8.79. The summed E-state index contributed by atoms with van der Waals surface area (Å²) < 4.78 is 18.9. The van der Waals surface area contributed by atoms with Crippen molar-refractivity contribution in [2.45, 2.75) is 6.92 Å². The summed E-state index contributed by atoms with van der Waals surface area (Å²) in [5.41, 5.74) is -1.59. The third-order valence-electron chi connectivity index (χ3n) is 3.65. The average molecular weight is 443 g/mol. The molecule has 0 aromatic heterocycles. The van der Waals surface area contributed by atoms with Crippen LogP contribution in [0, 0.1) is 21.8 Å². The molecule has 0 amide bonds. The zero-order chi connectivity index (χ0) is 21.7. The molecule has 0 radical (unpaired) electrons. The second-order valence-corrected chi connectivity index (χ2v) is 6.26. The largest absolute Gasteiger partial charge is 0.506 e. The van der Waals surface area contributed by atoms with E-state index in [1.54, 1.807) is 6.07 Å². The van der Waals surface area contributed by atoms with Gasteiger partial charge >= 0.3 is 11.7 Å². The van der Waals surface area contributed by atoms with E-state index < -0.39 is 49.7 Å². The van der Waals surface area contributed by atoms with E-state index in [-0.39, 0.29) is 18.0 Å². The lowest BCUT2D eigenvalue weighted by Crippen LogP contribution is -2.28. The topological polar surface area (TPSA) is 119 Å². The molecule has 2 rings (SSSR count). The number of aromatic hydroxyl groups is 1. The Morgan fingerprint density at radius 2 is 2.00 bits per heavy atom. The maximum atomic E-state index is 14.0. The van der Waals surface area contributed by atoms with Crippen molar-refractivity contribution in [3.8, 4) is 5.75 Å². The molecule has 2 aromatic carbocycles. The lowest BCUT2D eigenvalue weighted by Gasteiger charge is -2.12. The number of carbonyl (C=O) groups is 2. The summed E-state index contributed by atoms with van der Waals surface area (Å²) in [6, 6.07) is 6.45. The predicted octanol–water partition coefficient (Wildman–Crippen LogP) is 4.51. The van der Waals surface area contributed by atoms with Crippen molar-refractivity contribution in [3.63, 3.8) is 0 Å². The highest BCUT2D eigenvalue weighted by molar-refractivity contribution is 6.41. The lowest BCUT2D eigenvalue weighted by atomic mass is 9.97. The SMILES string of the molecule is CCOC(=O)C(C=Nc1ccccc1O)C(=O)c1cc(F)c(Cl)c([N+](=O)[O-])c1Cl. The number of Topliss-reactive ketones (excluding diaryl/α,β-unsaturated/α-hetero) is 1. The molecular weight excluding hydrogens is 430 g/mol. The molecular formula is C18H13Cl2FN2O6. The van der Waals surface area contributed by atoms with Crippen LogP contribution in [0.1, 0.15) is 17.3 Å². The number of esters is 1. The second kappa shape index (κ2) is 9.44. The first-order valence-electron chi connectivity index (χ1n) is 8.03. The Bertz CT molecular complexity index is 1010. The highest BCUT2D eigenvalue weighted by Crippen LogP contribution is 2.38. The quantitative estimate of drug-likeness (QED) is 0.128. The van der Waals surface area contributed by atoms with Crippen LogP contribution in [0.25, 0.3) is 0 Å². The number of phenolic OH excluding ortho intramolecular Hbond substituents is 1. The van der Waals surface area contributed by atoms with Crippen molar-refractivity contribution < 1.29 is 28.7 Å². The van der Waals surface area contributed by atoms with E-state index in [2.05, 4.69) is 4.99 Å². The van der Waals surface area contributed by atoms with Gasteiger partial charge in [-0.2, -0.15) is 0 Å². The maximum absolute atomic E-state index is 14.0. The summed E-state index contributed by atoms with van der Waals surface area (Å²) in [5.74, 6) is -5.30. The van der Waals surface area contributed by atoms with Gasteiger partial charge in [0.05, 0.1) is 11.5 Å². The first kappa shape index (κ1) is 22.3. The van der Waals surface area contributed by atoms with E-state index in [0.717, 1.165) is 6.21 Å². The molecule has 1 unspecified atom stereocenters. The van der Waals surface area contributed by atoms with E-state index in [1.165, 1.54) is 25.1 Å². The highest BCUT2D eigenvalue weighted by atomic mass is 35.5. The Hall–Kier alpha value is -3.04. The zero-order valence-electron chi connectivity index (χ0n) is 14.8. The number of benzene rings is 2. The van der Waals surface area contributed by atoms with Crippen molar-refractivity contribution in [3.05, 3.63) is 61.9 Å². The molecule has 0 fully saturated rings. The number of ether oxygens (including phenoxy) is 1. The molecule has 0 heterocycles. The van der Waals surface area contributed by atoms with Crippen molar-refractivity contribution >= 4 is 52.5 Å². The van der Waals surface area contributed by atoms with Gasteiger partial charge in [-0.3, -0.25) is 24.7 Å². The molecule has 2 aromatic rings. The van der Waals surface area contributed by atoms with Crippen LogP contribution in [0.2, 0.25) is 10.0 Å². The number of aliphatic imine (C=N–C) groups is 1. The van der Waals surface area contributed by atoms with Gasteiger partial charge in [0.15, 0.2) is 16.7 Å². The smallest absolute Gasteiger partial charge is 0.322 e. The molecule has 1 atom stereocenters. The van der Waals surface area contributed by atoms with Crippen LogP contribution in [0.15, 0.2) is 35.3 Å². The van der Waals surface area contributed by atoms with E-state index >= 15 is 0 Å². The van der Waals surface area contributed by atoms with E-state index in [9.17, 15) is 29.2 Å². The molecule has 0 aliphatic heterocycles. The summed E-state index contributed by atoms with van der Waals surface area (Å²) in [7, 11) is 0. The summed E-state index contributed by atoms with van der Waals surface area (Å²) in [6.45, 7) is 1.43. The average Bonchev–Trinajstić information content (AvgIpc) is 2.66. The van der Waals surface area contributed by atoms with Crippen LogP contribution < -0.4 is 0 Å². The van der Waals surface area contributed by atoms with Crippen LogP contribution in [0.5, 0.6) is 5.75 Å². The van der Waals surface area contributed by atoms with Gasteiger partial charge < -0.3 is 9.84 Å². The fourth-order valence-electron chi connectivity index (χ4n) is 2.29. The maximum Gasteiger partial charge on any atom is 0.322 e. The molecule has 29 heavy (non-hydrogen) atoms. The zero-order valence-corrected chi connectivity index (χ0v) is 16.3. The highest BCUT2D eigenvalue weighted by Gasteiger charge is 2.34. The number of rotatable bonds is 7. The minimum atomic E-state index is -1.70. The number of carbonyl (C=O) groups excluding carboxylic acids is 2. The molecule has 0 saturated heterocycles. The van der Waals surface area contributed by atoms with Gasteiger partial charge in [-0.1, -0.05) is 35.3 Å². The molecule has 0 aliphatic rings. The Kier molecular flexibility index (Phi) is 7.24. The summed E-state index contributed by atoms with van der Waals surface area (Å²) in [6.07, 6.45) is 0.879. The normalized spacial score (nSPS) is 12.0. The minimum absolute atomic E-state index is 0.0500. The third-order valence-corrected chi connectivity index (χ3v) is 4.39. The number of nitro groups is 1. The number of para-hydroxylation sites is 2. The van der Waals surface area contributed by atoms with Crippen molar-refractivity contribution in [2.24, 2.45) is 10.9 Å². The van der Waals surface area contributed by atoms with Crippen molar-refractivity contribution in [1.29, 1.82) is 0 Å². The fraction of sp³-hybridized carbons (Fsp3) is 0.167. The van der Waals surface area contributed by atoms with Gasteiger partial charge in [-0.05, 0) is 25.1 Å². The predicted molar refractivity (Wildman–Crippen MR) is 104 cm³/mol. The Labute approximate surface area is 173 Å². The molecule has 11 heteroatoms. The van der Waals surface area contributed by atoms with Gasteiger partial charge in [0.2, 0.25) is 0 Å². The summed E-state index contributed by atoms with van der Waals surface area (Å²) in [4.78, 5) is 39.1.